The molecule has 0 spiro atoms. The Bertz CT molecular complexity index is 822. The average Bonchev–Trinajstić information content (AvgIpc) is 3.08. The van der Waals surface area contributed by atoms with E-state index in [1.54, 1.807) is 12.4 Å². The van der Waals surface area contributed by atoms with E-state index in [1.807, 2.05) is 22.9 Å². The third-order valence-corrected chi connectivity index (χ3v) is 4.85. The number of hydrogen-bond donors (Lipinski definition) is 0. The van der Waals surface area contributed by atoms with E-state index in [4.69, 9.17) is 4.74 Å². The quantitative estimate of drug-likeness (QED) is 0.713. The van der Waals surface area contributed by atoms with Crippen LogP contribution in [0.3, 0.4) is 0 Å². The van der Waals surface area contributed by atoms with Crippen LogP contribution in [-0.2, 0) is 11.2 Å². The van der Waals surface area contributed by atoms with E-state index in [1.165, 1.54) is 11.9 Å². The summed E-state index contributed by atoms with van der Waals surface area (Å²) >= 11 is 0. The van der Waals surface area contributed by atoms with Crippen molar-refractivity contribution in [3.63, 3.8) is 0 Å². The molecule has 2 heterocycles. The topological polar surface area (TPSA) is 52.8 Å². The fourth-order valence-electron chi connectivity index (χ4n) is 3.51. The minimum atomic E-state index is -0.976. The summed E-state index contributed by atoms with van der Waals surface area (Å²) in [5.41, 5.74) is 1.99. The standard InChI is InChI=1S/C19H21FN4O/c20-17-10-16(24-19-15(12-23-24)11-21-13-22-19)6-7-18(17)25-9-8-14-4-2-1-3-5-14/h1-5,11-13,16-18H,6-10H2. The largest absolute Gasteiger partial charge is 0.375 e. The predicted octanol–water partition coefficient (Wildman–Crippen LogP) is 3.52. The van der Waals surface area contributed by atoms with Gasteiger partial charge < -0.3 is 4.74 Å². The number of alkyl halides is 1. The fourth-order valence-corrected chi connectivity index (χ4v) is 3.51. The Morgan fingerprint density at radius 3 is 2.88 bits per heavy atom. The summed E-state index contributed by atoms with van der Waals surface area (Å²) < 4.78 is 22.3. The number of ether oxygens (including phenoxy) is 1. The molecule has 1 saturated carbocycles. The van der Waals surface area contributed by atoms with Gasteiger partial charge in [0.25, 0.3) is 0 Å². The van der Waals surface area contributed by atoms with Crippen LogP contribution in [0.5, 0.6) is 0 Å². The predicted molar refractivity (Wildman–Crippen MR) is 93.0 cm³/mol. The first-order valence-corrected chi connectivity index (χ1v) is 8.74. The smallest absolute Gasteiger partial charge is 0.161 e. The van der Waals surface area contributed by atoms with Gasteiger partial charge in [-0.1, -0.05) is 30.3 Å². The monoisotopic (exact) mass is 340 g/mol. The summed E-state index contributed by atoms with van der Waals surface area (Å²) in [7, 11) is 0. The zero-order chi connectivity index (χ0) is 17.1. The molecule has 1 aromatic carbocycles. The lowest BCUT2D eigenvalue weighted by Gasteiger charge is -2.31. The van der Waals surface area contributed by atoms with Gasteiger partial charge in [0.2, 0.25) is 0 Å². The van der Waals surface area contributed by atoms with Crippen LogP contribution in [0.4, 0.5) is 4.39 Å². The SMILES string of the molecule is FC1CC(n2ncc3cncnc32)CCC1OCCc1ccccc1. The molecule has 1 aliphatic rings. The van der Waals surface area contributed by atoms with Crippen molar-refractivity contribution in [1.29, 1.82) is 0 Å². The van der Waals surface area contributed by atoms with Gasteiger partial charge in [-0.05, 0) is 24.8 Å². The molecule has 0 saturated heterocycles. The Balaban J connectivity index is 1.34. The van der Waals surface area contributed by atoms with E-state index < -0.39 is 6.17 Å². The van der Waals surface area contributed by atoms with E-state index in [9.17, 15) is 4.39 Å². The molecule has 4 rings (SSSR count). The van der Waals surface area contributed by atoms with Gasteiger partial charge in [0, 0.05) is 12.6 Å². The molecule has 2 aromatic heterocycles. The molecule has 0 bridgehead atoms. The van der Waals surface area contributed by atoms with Crippen LogP contribution >= 0.6 is 0 Å². The molecule has 5 nitrogen and oxygen atoms in total. The Morgan fingerprint density at radius 2 is 2.04 bits per heavy atom. The number of benzene rings is 1. The maximum Gasteiger partial charge on any atom is 0.161 e. The highest BCUT2D eigenvalue weighted by atomic mass is 19.1. The van der Waals surface area contributed by atoms with Crippen molar-refractivity contribution < 1.29 is 9.13 Å². The molecular weight excluding hydrogens is 319 g/mol. The number of hydrogen-bond acceptors (Lipinski definition) is 4. The highest BCUT2D eigenvalue weighted by Crippen LogP contribution is 2.33. The molecule has 0 radical (unpaired) electrons. The molecule has 3 atom stereocenters. The minimum absolute atomic E-state index is 0.0244. The third kappa shape index (κ3) is 3.54. The van der Waals surface area contributed by atoms with Crippen LogP contribution in [0.1, 0.15) is 30.9 Å². The van der Waals surface area contributed by atoms with E-state index >= 15 is 0 Å². The van der Waals surface area contributed by atoms with Crippen molar-refractivity contribution in [2.45, 2.75) is 44.0 Å². The first-order chi connectivity index (χ1) is 12.3. The van der Waals surface area contributed by atoms with Gasteiger partial charge in [-0.2, -0.15) is 5.10 Å². The van der Waals surface area contributed by atoms with Crippen molar-refractivity contribution in [2.24, 2.45) is 0 Å². The van der Waals surface area contributed by atoms with Gasteiger partial charge in [-0.3, -0.25) is 0 Å². The van der Waals surface area contributed by atoms with Crippen LogP contribution < -0.4 is 0 Å². The van der Waals surface area contributed by atoms with E-state index in [2.05, 4.69) is 27.2 Å². The second kappa shape index (κ2) is 7.27. The first kappa shape index (κ1) is 16.1. The summed E-state index contributed by atoms with van der Waals surface area (Å²) in [6.07, 6.45) is 6.45. The summed E-state index contributed by atoms with van der Waals surface area (Å²) in [5.74, 6) is 0. The number of aromatic nitrogens is 4. The highest BCUT2D eigenvalue weighted by Gasteiger charge is 2.33. The molecule has 0 aliphatic heterocycles. The Labute approximate surface area is 145 Å². The summed E-state index contributed by atoms with van der Waals surface area (Å²) in [6.45, 7) is 0.553. The molecule has 0 amide bonds. The molecule has 6 heteroatoms. The molecule has 1 aliphatic carbocycles. The number of nitrogens with zero attached hydrogens (tertiary/aromatic N) is 4. The Morgan fingerprint density at radius 1 is 1.16 bits per heavy atom. The molecular formula is C19H21FN4O. The van der Waals surface area contributed by atoms with Crippen LogP contribution in [0, 0.1) is 0 Å². The molecule has 1 fully saturated rings. The minimum Gasteiger partial charge on any atom is -0.375 e. The van der Waals surface area contributed by atoms with E-state index in [-0.39, 0.29) is 12.1 Å². The lowest BCUT2D eigenvalue weighted by molar-refractivity contribution is -0.0339. The van der Waals surface area contributed by atoms with Crippen LogP contribution in [0.15, 0.2) is 49.1 Å². The van der Waals surface area contributed by atoms with Crippen molar-refractivity contribution in [2.75, 3.05) is 6.61 Å². The molecule has 130 valence electrons. The summed E-state index contributed by atoms with van der Waals surface area (Å²) in [4.78, 5) is 8.28. The number of rotatable bonds is 5. The van der Waals surface area contributed by atoms with Crippen molar-refractivity contribution >= 4 is 11.0 Å². The number of halogens is 1. The maximum atomic E-state index is 14.6. The molecule has 25 heavy (non-hydrogen) atoms. The molecule has 3 aromatic rings. The van der Waals surface area contributed by atoms with E-state index in [0.717, 1.165) is 23.9 Å². The normalized spacial score (nSPS) is 23.8. The van der Waals surface area contributed by atoms with Gasteiger partial charge >= 0.3 is 0 Å². The van der Waals surface area contributed by atoms with Crippen LogP contribution in [0.25, 0.3) is 11.0 Å². The number of fused-ring (bicyclic) bond motifs is 1. The van der Waals surface area contributed by atoms with Crippen molar-refractivity contribution in [1.82, 2.24) is 19.7 Å². The fraction of sp³-hybridized carbons (Fsp3) is 0.421. The van der Waals surface area contributed by atoms with Gasteiger partial charge in [0.1, 0.15) is 12.5 Å². The van der Waals surface area contributed by atoms with Crippen LogP contribution in [0.2, 0.25) is 0 Å². The zero-order valence-electron chi connectivity index (χ0n) is 14.0. The Hall–Kier alpha value is -2.34. The second-order valence-corrected chi connectivity index (χ2v) is 6.52. The lowest BCUT2D eigenvalue weighted by atomic mass is 9.91. The van der Waals surface area contributed by atoms with Crippen molar-refractivity contribution in [3.05, 3.63) is 54.6 Å². The van der Waals surface area contributed by atoms with Gasteiger partial charge in [0.15, 0.2) is 5.65 Å². The maximum absolute atomic E-state index is 14.6. The van der Waals surface area contributed by atoms with E-state index in [0.29, 0.717) is 19.4 Å². The average molecular weight is 340 g/mol. The van der Waals surface area contributed by atoms with Gasteiger partial charge in [-0.15, -0.1) is 0 Å². The highest BCUT2D eigenvalue weighted by molar-refractivity contribution is 5.72. The first-order valence-electron chi connectivity index (χ1n) is 8.74. The van der Waals surface area contributed by atoms with Crippen molar-refractivity contribution in [3.8, 4) is 0 Å². The summed E-state index contributed by atoms with van der Waals surface area (Å²) in [5, 5.41) is 5.28. The Kier molecular flexibility index (Phi) is 4.70. The second-order valence-electron chi connectivity index (χ2n) is 6.52. The summed E-state index contributed by atoms with van der Waals surface area (Å²) in [6, 6.07) is 10.2. The molecule has 0 N–H and O–H groups in total. The van der Waals surface area contributed by atoms with Gasteiger partial charge in [-0.25, -0.2) is 19.0 Å². The van der Waals surface area contributed by atoms with Gasteiger partial charge in [0.05, 0.1) is 30.3 Å². The third-order valence-electron chi connectivity index (χ3n) is 4.85. The molecule has 3 unspecified atom stereocenters. The lowest BCUT2D eigenvalue weighted by Crippen LogP contribution is -2.34. The zero-order valence-corrected chi connectivity index (χ0v) is 14.0. The van der Waals surface area contributed by atoms with Crippen LogP contribution in [-0.4, -0.2) is 38.6 Å².